The summed E-state index contributed by atoms with van der Waals surface area (Å²) in [6, 6.07) is 6.60. The van der Waals surface area contributed by atoms with Crippen molar-refractivity contribution in [1.29, 1.82) is 0 Å². The van der Waals surface area contributed by atoms with E-state index < -0.39 is 9.96 Å². The minimum absolute atomic E-state index is 0.266. The molecule has 1 aliphatic rings. The molecule has 0 bridgehead atoms. The highest BCUT2D eigenvalue weighted by molar-refractivity contribution is 6.68. The first kappa shape index (κ1) is 16.2. The molecular formula is C13H15Cl4N2O+. The molecule has 3 nitrogen and oxygen atoms in total. The predicted octanol–water partition coefficient (Wildman–Crippen LogP) is 2.44. The zero-order valence-corrected chi connectivity index (χ0v) is 13.7. The quantitative estimate of drug-likeness (QED) is 0.801. The van der Waals surface area contributed by atoms with E-state index in [2.05, 4.69) is 5.32 Å². The maximum Gasteiger partial charge on any atom is 0.262 e. The van der Waals surface area contributed by atoms with Crippen molar-refractivity contribution in [3.63, 3.8) is 0 Å². The normalized spacial score (nSPS) is 18.0. The van der Waals surface area contributed by atoms with Crippen LogP contribution < -0.4 is 10.2 Å². The molecule has 0 spiro atoms. The third-order valence-corrected chi connectivity index (χ3v) is 4.27. The number of amides is 1. The van der Waals surface area contributed by atoms with Gasteiger partial charge in [0.25, 0.3) is 9.70 Å². The fourth-order valence-electron chi connectivity index (χ4n) is 2.35. The number of alkyl halides is 3. The molecule has 1 saturated heterocycles. The van der Waals surface area contributed by atoms with Gasteiger partial charge in [-0.2, -0.15) is 0 Å². The van der Waals surface area contributed by atoms with Crippen molar-refractivity contribution in [3.05, 3.63) is 34.9 Å². The maximum atomic E-state index is 12.2. The van der Waals surface area contributed by atoms with Crippen molar-refractivity contribution in [1.82, 2.24) is 5.32 Å². The minimum atomic E-state index is -1.54. The molecule has 0 saturated carbocycles. The Morgan fingerprint density at radius 1 is 1.15 bits per heavy atom. The van der Waals surface area contributed by atoms with Crippen LogP contribution in [0.25, 0.3) is 0 Å². The first-order chi connectivity index (χ1) is 9.38. The average Bonchev–Trinajstić information content (AvgIpc) is 2.88. The second-order valence-electron chi connectivity index (χ2n) is 4.82. The molecule has 1 fully saturated rings. The molecule has 0 aromatic heterocycles. The summed E-state index contributed by atoms with van der Waals surface area (Å²) in [5.41, 5.74) is 0.493. The summed E-state index contributed by atoms with van der Waals surface area (Å²) in [4.78, 5) is 13.3. The summed E-state index contributed by atoms with van der Waals surface area (Å²) in [6.45, 7) is 1.78. The third kappa shape index (κ3) is 4.15. The number of nitrogens with one attached hydrogen (secondary N) is 2. The van der Waals surface area contributed by atoms with Crippen molar-refractivity contribution in [2.75, 3.05) is 13.1 Å². The summed E-state index contributed by atoms with van der Waals surface area (Å²) in [6.07, 6.45) is 1.59. The van der Waals surface area contributed by atoms with Crippen LogP contribution in [0.15, 0.2) is 24.3 Å². The molecule has 0 aliphatic carbocycles. The number of likely N-dealkylation sites (tertiary alicyclic amines) is 1. The van der Waals surface area contributed by atoms with Crippen LogP contribution in [0.1, 0.15) is 23.2 Å². The Balaban J connectivity index is 2.11. The molecule has 1 aliphatic heterocycles. The lowest BCUT2D eigenvalue weighted by Crippen LogP contribution is -3.17. The highest BCUT2D eigenvalue weighted by Gasteiger charge is 2.43. The van der Waals surface area contributed by atoms with Gasteiger partial charge in [-0.1, -0.05) is 46.4 Å². The van der Waals surface area contributed by atoms with Crippen LogP contribution in [0, 0.1) is 0 Å². The number of hydrogen-bond donors (Lipinski definition) is 2. The molecule has 1 amide bonds. The van der Waals surface area contributed by atoms with E-state index in [0.717, 1.165) is 30.8 Å². The number of hydrogen-bond acceptors (Lipinski definition) is 1. The van der Waals surface area contributed by atoms with Crippen LogP contribution in [0.3, 0.4) is 0 Å². The summed E-state index contributed by atoms with van der Waals surface area (Å²) in [7, 11) is 0. The van der Waals surface area contributed by atoms with Gasteiger partial charge >= 0.3 is 0 Å². The second kappa shape index (κ2) is 6.71. The topological polar surface area (TPSA) is 33.5 Å². The van der Waals surface area contributed by atoms with Gasteiger partial charge in [0.2, 0.25) is 6.17 Å². The van der Waals surface area contributed by atoms with Gasteiger partial charge in [0.15, 0.2) is 0 Å². The van der Waals surface area contributed by atoms with Crippen molar-refractivity contribution in [2.24, 2.45) is 0 Å². The average molecular weight is 357 g/mol. The van der Waals surface area contributed by atoms with Gasteiger partial charge < -0.3 is 4.90 Å². The fraction of sp³-hybridized carbons (Fsp3) is 0.462. The Morgan fingerprint density at radius 3 is 2.20 bits per heavy atom. The molecule has 1 aromatic rings. The van der Waals surface area contributed by atoms with Crippen molar-refractivity contribution in [3.8, 4) is 0 Å². The van der Waals surface area contributed by atoms with E-state index in [4.69, 9.17) is 46.4 Å². The number of halogens is 4. The van der Waals surface area contributed by atoms with Gasteiger partial charge in [-0.25, -0.2) is 0 Å². The smallest absolute Gasteiger partial charge is 0.262 e. The monoisotopic (exact) mass is 355 g/mol. The predicted molar refractivity (Wildman–Crippen MR) is 82.9 cm³/mol. The number of quaternary nitrogens is 1. The zero-order valence-electron chi connectivity index (χ0n) is 10.6. The van der Waals surface area contributed by atoms with Gasteiger partial charge in [-0.05, 0) is 24.3 Å². The number of rotatable bonds is 3. The number of carbonyl (C=O) groups excluding carboxylic acids is 1. The van der Waals surface area contributed by atoms with E-state index in [-0.39, 0.29) is 5.91 Å². The Hall–Kier alpha value is -0.190. The summed E-state index contributed by atoms with van der Waals surface area (Å²) < 4.78 is -1.54. The second-order valence-corrected chi connectivity index (χ2v) is 7.63. The lowest BCUT2D eigenvalue weighted by Gasteiger charge is -2.30. The van der Waals surface area contributed by atoms with Gasteiger partial charge in [0.05, 0.1) is 13.1 Å². The Morgan fingerprint density at radius 2 is 1.70 bits per heavy atom. The number of benzene rings is 1. The Kier molecular flexibility index (Phi) is 5.43. The van der Waals surface area contributed by atoms with Gasteiger partial charge in [0, 0.05) is 23.4 Å². The van der Waals surface area contributed by atoms with Crippen LogP contribution in [0.2, 0.25) is 5.02 Å². The summed E-state index contributed by atoms with van der Waals surface area (Å²) in [5.74, 6) is -0.266. The van der Waals surface area contributed by atoms with E-state index >= 15 is 0 Å². The van der Waals surface area contributed by atoms with E-state index in [1.165, 1.54) is 0 Å². The van der Waals surface area contributed by atoms with Crippen LogP contribution in [-0.4, -0.2) is 29.0 Å². The minimum Gasteiger partial charge on any atom is -0.312 e. The molecule has 2 N–H and O–H groups in total. The fourth-order valence-corrected chi connectivity index (χ4v) is 3.10. The Labute approximate surface area is 138 Å². The molecule has 2 rings (SSSR count). The lowest BCUT2D eigenvalue weighted by molar-refractivity contribution is -0.915. The maximum absolute atomic E-state index is 12.2. The summed E-state index contributed by atoms with van der Waals surface area (Å²) >= 11 is 23.8. The van der Waals surface area contributed by atoms with Crippen LogP contribution in [0.5, 0.6) is 0 Å². The van der Waals surface area contributed by atoms with Gasteiger partial charge in [-0.15, -0.1) is 0 Å². The third-order valence-electron chi connectivity index (χ3n) is 3.36. The zero-order chi connectivity index (χ0) is 14.8. The van der Waals surface area contributed by atoms with Crippen LogP contribution >= 0.6 is 46.4 Å². The molecular weight excluding hydrogens is 342 g/mol. The van der Waals surface area contributed by atoms with E-state index in [1.807, 2.05) is 0 Å². The molecule has 0 unspecified atom stereocenters. The molecule has 1 aromatic carbocycles. The SMILES string of the molecule is O=C(N[C@@H]([NH+]1CCCC1)C(Cl)(Cl)Cl)c1ccc(Cl)cc1. The first-order valence-corrected chi connectivity index (χ1v) is 7.87. The highest BCUT2D eigenvalue weighted by atomic mass is 35.6. The Bertz CT molecular complexity index is 466. The molecule has 110 valence electrons. The first-order valence-electron chi connectivity index (χ1n) is 6.35. The lowest BCUT2D eigenvalue weighted by atomic mass is 10.2. The molecule has 20 heavy (non-hydrogen) atoms. The molecule has 0 radical (unpaired) electrons. The molecule has 1 atom stereocenters. The van der Waals surface area contributed by atoms with Crippen molar-refractivity contribution in [2.45, 2.75) is 22.8 Å². The van der Waals surface area contributed by atoms with Crippen molar-refractivity contribution >= 4 is 52.3 Å². The van der Waals surface area contributed by atoms with E-state index in [9.17, 15) is 4.79 Å². The number of carbonyl (C=O) groups is 1. The summed E-state index contributed by atoms with van der Waals surface area (Å²) in [5, 5.41) is 3.39. The highest BCUT2D eigenvalue weighted by Crippen LogP contribution is 2.28. The largest absolute Gasteiger partial charge is 0.312 e. The van der Waals surface area contributed by atoms with Gasteiger partial charge in [-0.3, -0.25) is 10.1 Å². The van der Waals surface area contributed by atoms with Gasteiger partial charge in [0.1, 0.15) is 0 Å². The van der Waals surface area contributed by atoms with E-state index in [0.29, 0.717) is 10.6 Å². The standard InChI is InChI=1S/C13H14Cl4N2O/c14-10-5-3-9(4-6-10)11(20)18-12(13(15,16)17)19-7-1-2-8-19/h3-6,12H,1-2,7-8H2,(H,18,20)/p+1/t12-/m0/s1. The van der Waals surface area contributed by atoms with Crippen LogP contribution in [0.4, 0.5) is 0 Å². The van der Waals surface area contributed by atoms with Crippen molar-refractivity contribution < 1.29 is 9.69 Å². The molecule has 1 heterocycles. The van der Waals surface area contributed by atoms with Crippen LogP contribution in [-0.2, 0) is 0 Å². The van der Waals surface area contributed by atoms with E-state index in [1.54, 1.807) is 24.3 Å². The molecule has 7 heteroatoms.